The lowest BCUT2D eigenvalue weighted by Gasteiger charge is -2.32. The second-order valence-corrected chi connectivity index (χ2v) is 7.24. The van der Waals surface area contributed by atoms with Crippen molar-refractivity contribution in [1.82, 2.24) is 9.38 Å². The van der Waals surface area contributed by atoms with Crippen LogP contribution in [0.2, 0.25) is 0 Å². The van der Waals surface area contributed by atoms with Gasteiger partial charge >= 0.3 is 5.97 Å². The number of carboxylic acid groups (broad SMARTS) is 1. The Kier molecular flexibility index (Phi) is 4.15. The number of aromatic carboxylic acids is 1. The first-order valence-electron chi connectivity index (χ1n) is 9.10. The zero-order valence-corrected chi connectivity index (χ0v) is 15.1. The van der Waals surface area contributed by atoms with Crippen LogP contribution in [0, 0.1) is 12.8 Å². The molecule has 0 aliphatic carbocycles. The van der Waals surface area contributed by atoms with E-state index in [9.17, 15) is 9.90 Å². The first kappa shape index (κ1) is 16.6. The summed E-state index contributed by atoms with van der Waals surface area (Å²) in [6, 6.07) is 9.88. The summed E-state index contributed by atoms with van der Waals surface area (Å²) in [6.07, 6.45) is 5.77. The van der Waals surface area contributed by atoms with Gasteiger partial charge in [0.2, 0.25) is 0 Å². The van der Waals surface area contributed by atoms with Gasteiger partial charge in [-0.2, -0.15) is 0 Å². The quantitative estimate of drug-likeness (QED) is 0.768. The fraction of sp³-hybridized carbons (Fsp3) is 0.333. The van der Waals surface area contributed by atoms with Gasteiger partial charge in [-0.1, -0.05) is 31.2 Å². The Hall–Kier alpha value is -2.82. The van der Waals surface area contributed by atoms with Gasteiger partial charge in [0.25, 0.3) is 0 Å². The molecule has 4 rings (SSSR count). The SMILES string of the molecule is Cc1ccccc1-c1cnc2c(N3CCC(C)CC3)cc(C(=O)O)cn12. The van der Waals surface area contributed by atoms with Crippen LogP contribution in [-0.2, 0) is 0 Å². The van der Waals surface area contributed by atoms with E-state index in [4.69, 9.17) is 0 Å². The van der Waals surface area contributed by atoms with E-state index < -0.39 is 5.97 Å². The van der Waals surface area contributed by atoms with Gasteiger partial charge in [-0.15, -0.1) is 0 Å². The Labute approximate surface area is 152 Å². The first-order valence-corrected chi connectivity index (χ1v) is 9.10. The maximum absolute atomic E-state index is 11.7. The van der Waals surface area contributed by atoms with E-state index in [-0.39, 0.29) is 0 Å². The number of pyridine rings is 1. The summed E-state index contributed by atoms with van der Waals surface area (Å²) >= 11 is 0. The highest BCUT2D eigenvalue weighted by molar-refractivity contribution is 5.91. The highest BCUT2D eigenvalue weighted by Crippen LogP contribution is 2.31. The topological polar surface area (TPSA) is 57.8 Å². The van der Waals surface area contributed by atoms with Crippen LogP contribution >= 0.6 is 0 Å². The Bertz CT molecular complexity index is 969. The molecule has 3 aromatic rings. The second-order valence-electron chi connectivity index (χ2n) is 7.24. The van der Waals surface area contributed by atoms with Gasteiger partial charge in [-0.3, -0.25) is 4.40 Å². The number of aryl methyl sites for hydroxylation is 1. The normalized spacial score (nSPS) is 15.5. The molecule has 1 saturated heterocycles. The Morgan fingerprint density at radius 1 is 1.23 bits per heavy atom. The number of hydrogen-bond acceptors (Lipinski definition) is 3. The highest BCUT2D eigenvalue weighted by atomic mass is 16.4. The van der Waals surface area contributed by atoms with Gasteiger partial charge in [0.15, 0.2) is 5.65 Å². The van der Waals surface area contributed by atoms with Crippen LogP contribution in [0.15, 0.2) is 42.7 Å². The molecule has 0 bridgehead atoms. The van der Waals surface area contributed by atoms with Crippen LogP contribution in [0.4, 0.5) is 5.69 Å². The largest absolute Gasteiger partial charge is 0.478 e. The summed E-state index contributed by atoms with van der Waals surface area (Å²) in [7, 11) is 0. The molecule has 3 heterocycles. The van der Waals surface area contributed by atoms with Gasteiger partial charge in [-0.05, 0) is 37.3 Å². The number of piperidine rings is 1. The summed E-state index contributed by atoms with van der Waals surface area (Å²) in [4.78, 5) is 18.6. The summed E-state index contributed by atoms with van der Waals surface area (Å²) < 4.78 is 1.93. The molecular weight excluding hydrogens is 326 g/mol. The minimum atomic E-state index is -0.914. The van der Waals surface area contributed by atoms with Crippen molar-refractivity contribution in [2.45, 2.75) is 26.7 Å². The van der Waals surface area contributed by atoms with E-state index in [1.54, 1.807) is 12.3 Å². The molecule has 1 aliphatic rings. The number of carboxylic acids is 1. The number of nitrogens with zero attached hydrogens (tertiary/aromatic N) is 3. The van der Waals surface area contributed by atoms with E-state index in [2.05, 4.69) is 35.9 Å². The maximum atomic E-state index is 11.7. The van der Waals surface area contributed by atoms with Gasteiger partial charge in [0.05, 0.1) is 23.1 Å². The molecule has 5 nitrogen and oxygen atoms in total. The maximum Gasteiger partial charge on any atom is 0.337 e. The number of aromatic nitrogens is 2. The number of rotatable bonds is 3. The molecule has 1 aromatic carbocycles. The van der Waals surface area contributed by atoms with Gasteiger partial charge in [-0.25, -0.2) is 9.78 Å². The lowest BCUT2D eigenvalue weighted by Crippen LogP contribution is -2.33. The van der Waals surface area contributed by atoms with Crippen LogP contribution < -0.4 is 4.90 Å². The van der Waals surface area contributed by atoms with E-state index in [1.807, 2.05) is 22.7 Å². The molecule has 0 atom stereocenters. The first-order chi connectivity index (χ1) is 12.5. The molecule has 0 amide bonds. The zero-order valence-electron chi connectivity index (χ0n) is 15.1. The Morgan fingerprint density at radius 2 is 1.96 bits per heavy atom. The molecule has 5 heteroatoms. The summed E-state index contributed by atoms with van der Waals surface area (Å²) in [5.41, 5.74) is 5.16. The Balaban J connectivity index is 1.90. The van der Waals surface area contributed by atoms with E-state index in [0.717, 1.165) is 54.1 Å². The number of carbonyl (C=O) groups is 1. The van der Waals surface area contributed by atoms with E-state index in [1.165, 1.54) is 0 Å². The van der Waals surface area contributed by atoms with Crippen LogP contribution in [-0.4, -0.2) is 33.6 Å². The predicted molar refractivity (Wildman–Crippen MR) is 103 cm³/mol. The number of imidazole rings is 1. The molecule has 134 valence electrons. The van der Waals surface area contributed by atoms with Crippen LogP contribution in [0.1, 0.15) is 35.7 Å². The van der Waals surface area contributed by atoms with E-state index >= 15 is 0 Å². The van der Waals surface area contributed by atoms with Crippen molar-refractivity contribution in [2.24, 2.45) is 5.92 Å². The number of hydrogen-bond donors (Lipinski definition) is 1. The standard InChI is InChI=1S/C21H23N3O2/c1-14-7-9-23(10-8-14)18-11-16(21(25)26)13-24-19(12-22-20(18)24)17-6-4-3-5-15(17)2/h3-6,11-14H,7-10H2,1-2H3,(H,25,26). The third-order valence-corrected chi connectivity index (χ3v) is 5.38. The lowest BCUT2D eigenvalue weighted by atomic mass is 9.99. The van der Waals surface area contributed by atoms with Gasteiger partial charge in [0, 0.05) is 24.8 Å². The zero-order chi connectivity index (χ0) is 18.3. The minimum absolute atomic E-state index is 0.291. The summed E-state index contributed by atoms with van der Waals surface area (Å²) in [5.74, 6) is -0.199. The predicted octanol–water partition coefficient (Wildman–Crippen LogP) is 4.24. The molecule has 1 aliphatic heterocycles. The smallest absolute Gasteiger partial charge is 0.337 e. The highest BCUT2D eigenvalue weighted by Gasteiger charge is 2.22. The number of benzene rings is 1. The number of anilines is 1. The second kappa shape index (κ2) is 6.48. The van der Waals surface area contributed by atoms with Crippen molar-refractivity contribution >= 4 is 17.3 Å². The van der Waals surface area contributed by atoms with E-state index in [0.29, 0.717) is 11.5 Å². The average molecular weight is 349 g/mol. The van der Waals surface area contributed by atoms with Gasteiger partial charge in [0.1, 0.15) is 0 Å². The third-order valence-electron chi connectivity index (χ3n) is 5.38. The van der Waals surface area contributed by atoms with Crippen molar-refractivity contribution < 1.29 is 9.90 Å². The summed E-state index contributed by atoms with van der Waals surface area (Å²) in [6.45, 7) is 6.20. The van der Waals surface area contributed by atoms with Crippen molar-refractivity contribution in [3.63, 3.8) is 0 Å². The lowest BCUT2D eigenvalue weighted by molar-refractivity contribution is 0.0696. The Morgan fingerprint density at radius 3 is 2.65 bits per heavy atom. The van der Waals surface area contributed by atoms with Crippen molar-refractivity contribution in [3.8, 4) is 11.3 Å². The number of fused-ring (bicyclic) bond motifs is 1. The van der Waals surface area contributed by atoms with Crippen LogP contribution in [0.25, 0.3) is 16.9 Å². The fourth-order valence-corrected chi connectivity index (χ4v) is 3.73. The van der Waals surface area contributed by atoms with Crippen molar-refractivity contribution in [3.05, 3.63) is 53.9 Å². The summed E-state index contributed by atoms with van der Waals surface area (Å²) in [5, 5.41) is 9.61. The van der Waals surface area contributed by atoms with Crippen LogP contribution in [0.3, 0.4) is 0 Å². The van der Waals surface area contributed by atoms with Gasteiger partial charge < -0.3 is 10.0 Å². The third kappa shape index (κ3) is 2.83. The monoisotopic (exact) mass is 349 g/mol. The fourth-order valence-electron chi connectivity index (χ4n) is 3.73. The molecule has 2 aromatic heterocycles. The molecule has 0 unspecified atom stereocenters. The average Bonchev–Trinajstić information content (AvgIpc) is 3.06. The molecule has 1 N–H and O–H groups in total. The molecule has 26 heavy (non-hydrogen) atoms. The molecule has 0 spiro atoms. The van der Waals surface area contributed by atoms with Crippen molar-refractivity contribution in [1.29, 1.82) is 0 Å². The molecule has 0 saturated carbocycles. The van der Waals surface area contributed by atoms with Crippen LogP contribution in [0.5, 0.6) is 0 Å². The molecule has 1 fully saturated rings. The molecule has 0 radical (unpaired) electrons. The minimum Gasteiger partial charge on any atom is -0.478 e. The molecular formula is C21H23N3O2. The van der Waals surface area contributed by atoms with Crippen molar-refractivity contribution in [2.75, 3.05) is 18.0 Å².